The Morgan fingerprint density at radius 2 is 1.36 bits per heavy atom. The predicted octanol–water partition coefficient (Wildman–Crippen LogP) is 1.80. The lowest BCUT2D eigenvalue weighted by molar-refractivity contribution is -0.334. The van der Waals surface area contributed by atoms with E-state index in [1.807, 2.05) is 0 Å². The molecule has 42 nitrogen and oxygen atoms in total. The molecule has 7 aliphatic rings. The van der Waals surface area contributed by atoms with Crippen molar-refractivity contribution < 1.29 is 132 Å². The molecule has 11 bridgehead atoms. The molecule has 0 radical (unpaired) electrons. The van der Waals surface area contributed by atoms with Crippen molar-refractivity contribution >= 4 is 111 Å². The molecule has 130 heavy (non-hydrogen) atoms. The topological polar surface area (TPSA) is 620 Å². The number of rotatable bonds is 24. The second kappa shape index (κ2) is 41.9. The number of fused-ring (bicyclic) bond motifs is 15. The number of likely N-dealkylation sites (N-methyl/N-ethyl adjacent to an activating group) is 1. The van der Waals surface area contributed by atoms with Gasteiger partial charge in [-0.25, -0.2) is 15.1 Å². The molecular formula is C84H94Cl4N14O28. The van der Waals surface area contributed by atoms with Gasteiger partial charge >= 0.3 is 11.8 Å². The highest BCUT2D eigenvalue weighted by molar-refractivity contribution is 6.42. The molecule has 10 amide bonds. The Morgan fingerprint density at radius 3 is 2.00 bits per heavy atom. The van der Waals surface area contributed by atoms with E-state index in [9.17, 15) is 74.7 Å². The molecule has 7 aliphatic heterocycles. The van der Waals surface area contributed by atoms with Crippen LogP contribution in [0, 0.1) is 5.92 Å². The second-order valence-electron chi connectivity index (χ2n) is 31.7. The number of amides is 10. The number of phenolic OH excluding ortho intramolecular Hbond substituents is 3. The number of methoxy groups -OCH3 is 1. The van der Waals surface area contributed by atoms with Gasteiger partial charge in [-0.3, -0.25) is 52.6 Å². The number of hydroxylamine groups is 1. The number of aliphatic hydroxyl groups excluding tert-OH is 6. The molecule has 2 saturated heterocycles. The number of carbonyl (C=O) groups is 10. The standard InChI is InChI=1S/C84H94Cl4N14O28/c1-34(2)21-48(90-5)74(114)99-65-67(109)38-9-13-52(46(87)25-38)126-54-27-40-28-55(71(54)130-81-72(70(112)69(111)56(33-103)128-81)129-60-32-84(4,73(113)35(3)125-60)92-16-19-102-18-15-58(95-82(102)121)94-59(108)23-36-7-11-44(85)45(86)22-36)127-53-14-10-39(26-47(53)88)68(110)66-79(119)98-64(80(120)101-124-20-17-91-83(122)123-6)43-29-41(104)30-51(106)61(43)42-24-37(8-12-50(42)105)62(76(116)100-66)97-77(117)63(40)96-75(115)49(31-57(89)107)93-78(65)118/h7-15,18,22,24-30,34-35,48-49,56,60,62-70,72-73,81,90,92,103-106,109-113H,16-17,19-21,23,31-33H2,1-6H3,(H2,89,107)(H,91,122)(H,93,118)(H,96,115)(H,97,117)(H,98,119)(H,99,114)(H,100,116)(H,101,120)(H,94,95,108,121). The third-order valence-electron chi connectivity index (χ3n) is 22.0. The molecule has 0 spiro atoms. The fourth-order valence-corrected chi connectivity index (χ4v) is 16.0. The Balaban J connectivity index is 0.994. The van der Waals surface area contributed by atoms with E-state index in [0.717, 1.165) is 73.8 Å². The number of aliphatic hydroxyl groups is 6. The van der Waals surface area contributed by atoms with Gasteiger partial charge in [0.25, 0.3) is 5.91 Å². The quantitative estimate of drug-likeness (QED) is 0.0303. The number of benzene rings is 6. The van der Waals surface area contributed by atoms with Crippen LogP contribution in [0.25, 0.3) is 11.1 Å². The first kappa shape index (κ1) is 97.2. The van der Waals surface area contributed by atoms with Crippen molar-refractivity contribution in [3.05, 3.63) is 173 Å². The van der Waals surface area contributed by atoms with Crippen LogP contribution < -0.4 is 84.3 Å². The number of hydrogen-bond donors (Lipinski definition) is 21. The van der Waals surface area contributed by atoms with E-state index in [4.69, 9.17) is 85.4 Å². The molecule has 0 saturated carbocycles. The monoisotopic (exact) mass is 1890 g/mol. The van der Waals surface area contributed by atoms with Crippen LogP contribution in [0.1, 0.15) is 111 Å². The number of nitrogens with zero attached hydrogens (tertiary/aromatic N) is 2. The summed E-state index contributed by atoms with van der Waals surface area (Å²) < 4.78 is 45.2. The zero-order valence-electron chi connectivity index (χ0n) is 69.9. The molecule has 22 N–H and O–H groups in total. The van der Waals surface area contributed by atoms with Crippen LogP contribution in [0.15, 0.2) is 114 Å². The molecule has 7 aromatic rings. The fourth-order valence-electron chi connectivity index (χ4n) is 15.3. The summed E-state index contributed by atoms with van der Waals surface area (Å²) in [6.07, 6.45) is -19.4. The first-order valence-electron chi connectivity index (χ1n) is 40.5. The summed E-state index contributed by atoms with van der Waals surface area (Å²) in [7, 11) is 2.54. The van der Waals surface area contributed by atoms with Crippen LogP contribution in [0.5, 0.6) is 46.0 Å². The highest BCUT2D eigenvalue weighted by Gasteiger charge is 2.52. The van der Waals surface area contributed by atoms with Crippen molar-refractivity contribution in [2.45, 2.75) is 169 Å². The van der Waals surface area contributed by atoms with Crippen LogP contribution in [0.4, 0.5) is 10.6 Å². The van der Waals surface area contributed by atoms with E-state index in [2.05, 4.69) is 68.4 Å². The second-order valence-corrected chi connectivity index (χ2v) is 33.3. The number of halogens is 4. The van der Waals surface area contributed by atoms with E-state index in [1.54, 1.807) is 26.8 Å². The summed E-state index contributed by atoms with van der Waals surface area (Å²) >= 11 is 26.6. The minimum atomic E-state index is -2.42. The Kier molecular flexibility index (Phi) is 31.4. The average Bonchev–Trinajstić information content (AvgIpc) is 0.764. The van der Waals surface area contributed by atoms with Gasteiger partial charge < -0.3 is 138 Å². The number of carbonyl (C=O) groups excluding carboxylic acids is 10. The summed E-state index contributed by atoms with van der Waals surface area (Å²) in [4.78, 5) is 168. The van der Waals surface area contributed by atoms with Gasteiger partial charge in [0, 0.05) is 55.0 Å². The van der Waals surface area contributed by atoms with Crippen LogP contribution in [-0.4, -0.2) is 234 Å². The van der Waals surface area contributed by atoms with Gasteiger partial charge in [-0.05, 0) is 139 Å². The number of aromatic hydroxyl groups is 3. The van der Waals surface area contributed by atoms with Gasteiger partial charge in [-0.2, -0.15) is 4.98 Å². The largest absolute Gasteiger partial charge is 0.508 e. The number of nitrogens with one attached hydrogen (secondary N) is 11. The minimum absolute atomic E-state index is 0.0499. The number of primary amides is 1. The predicted molar refractivity (Wildman–Crippen MR) is 457 cm³/mol. The van der Waals surface area contributed by atoms with Crippen molar-refractivity contribution in [3.8, 4) is 57.1 Å². The lowest BCUT2D eigenvalue weighted by Crippen LogP contribution is -2.65. The van der Waals surface area contributed by atoms with E-state index in [1.165, 1.54) is 55.1 Å². The number of hydrogen-bond acceptors (Lipinski definition) is 31. The van der Waals surface area contributed by atoms with Crippen LogP contribution in [0.2, 0.25) is 20.1 Å². The highest BCUT2D eigenvalue weighted by atomic mass is 35.5. The summed E-state index contributed by atoms with van der Waals surface area (Å²) in [6, 6.07) is 5.02. The molecule has 46 heteroatoms. The first-order chi connectivity index (χ1) is 61.7. The third kappa shape index (κ3) is 22.6. The maximum Gasteiger partial charge on any atom is 0.406 e. The molecule has 8 heterocycles. The summed E-state index contributed by atoms with van der Waals surface area (Å²) in [5, 5.41) is 132. The van der Waals surface area contributed by atoms with Crippen molar-refractivity contribution in [2.75, 3.05) is 45.8 Å². The van der Waals surface area contributed by atoms with Crippen molar-refractivity contribution in [3.63, 3.8) is 0 Å². The van der Waals surface area contributed by atoms with Crippen LogP contribution >= 0.6 is 46.4 Å². The van der Waals surface area contributed by atoms with Crippen molar-refractivity contribution in [1.29, 1.82) is 0 Å². The molecular weight excluding hydrogens is 1790 g/mol. The number of ether oxygens (including phenoxy) is 7. The Hall–Kier alpha value is -11.8. The molecule has 18 atom stereocenters. The van der Waals surface area contributed by atoms with Crippen LogP contribution in [-0.2, 0) is 79.9 Å². The Bertz CT molecular complexity index is 5550. The number of aromatic nitrogens is 2. The number of anilines is 1. The van der Waals surface area contributed by atoms with Crippen LogP contribution in [0.3, 0.4) is 0 Å². The molecule has 696 valence electrons. The van der Waals surface area contributed by atoms with Crippen molar-refractivity contribution in [2.24, 2.45) is 11.7 Å². The molecule has 18 unspecified atom stereocenters. The molecule has 14 rings (SSSR count). The molecule has 6 aromatic carbocycles. The highest BCUT2D eigenvalue weighted by Crippen LogP contribution is 2.50. The molecule has 1 aromatic heterocycles. The lowest BCUT2D eigenvalue weighted by atomic mass is 9.85. The smallest absolute Gasteiger partial charge is 0.406 e. The molecule has 2 fully saturated rings. The van der Waals surface area contributed by atoms with Gasteiger partial charge in [-0.15, -0.1) is 0 Å². The SMILES string of the molecule is CNC(CC(C)C)C(=O)NC1C(=O)NC(CC(N)=O)C(=O)NC2C(=O)NC3C(=O)NC(C(=O)NC(C(=O)NOCCNC(=O)OC)c4cc(O)cc(O)c4-c4cc3ccc4O)C(O)c3ccc(c(Cl)c3)Oc3cc2cc(c3OC2OC(CO)C(O)C(O)C2OC2CC(C)(NCCn3ccc(NC(=O)Cc4ccc(Cl)c(Cl)c4)nc3=O)C(O)C(C)O2)Oc2ccc(cc2Cl)C1O. The normalized spacial score (nSPS) is 25.3. The first-order valence-corrected chi connectivity index (χ1v) is 42.0. The van der Waals surface area contributed by atoms with E-state index in [-0.39, 0.29) is 71.8 Å². The maximum absolute atomic E-state index is 16.4. The third-order valence-corrected chi connectivity index (χ3v) is 23.3. The zero-order valence-corrected chi connectivity index (χ0v) is 72.9. The minimum Gasteiger partial charge on any atom is -0.508 e. The van der Waals surface area contributed by atoms with E-state index < -0.39 is 278 Å². The summed E-state index contributed by atoms with van der Waals surface area (Å²) in [5.41, 5.74) is 3.29. The summed E-state index contributed by atoms with van der Waals surface area (Å²) in [6.45, 7) is 4.79. The zero-order chi connectivity index (χ0) is 94.2. The van der Waals surface area contributed by atoms with E-state index in [0.29, 0.717) is 5.56 Å². The van der Waals surface area contributed by atoms with Gasteiger partial charge in [0.2, 0.25) is 59.3 Å². The molecule has 0 aliphatic carbocycles. The van der Waals surface area contributed by atoms with Crippen molar-refractivity contribution in [1.82, 2.24) is 62.9 Å². The average molecular weight is 1890 g/mol. The number of alkyl carbamates (subject to hydrolysis) is 1. The Morgan fingerprint density at radius 1 is 0.700 bits per heavy atom. The number of nitrogens with two attached hydrogens (primary N) is 1. The summed E-state index contributed by atoms with van der Waals surface area (Å²) in [5.74, 6) is -16.6. The Labute approximate surface area is 759 Å². The van der Waals surface area contributed by atoms with E-state index >= 15 is 24.0 Å². The van der Waals surface area contributed by atoms with Gasteiger partial charge in [-0.1, -0.05) is 84.5 Å². The maximum atomic E-state index is 16.4. The van der Waals surface area contributed by atoms with Gasteiger partial charge in [0.15, 0.2) is 23.9 Å². The number of phenols is 3. The lowest BCUT2D eigenvalue weighted by Gasteiger charge is -2.48. The van der Waals surface area contributed by atoms with Gasteiger partial charge in [0.1, 0.15) is 101 Å². The van der Waals surface area contributed by atoms with Gasteiger partial charge in [0.05, 0.1) is 71.5 Å². The fraction of sp³-hybridized carbons (Fsp3) is 0.405.